The van der Waals surface area contributed by atoms with Crippen LogP contribution in [0.2, 0.25) is 5.02 Å². The monoisotopic (exact) mass is 470 g/mol. The molecule has 5 heteroatoms. The molecule has 1 fully saturated rings. The van der Waals surface area contributed by atoms with Gasteiger partial charge in [0.05, 0.1) is 7.11 Å². The van der Waals surface area contributed by atoms with Crippen molar-refractivity contribution in [1.82, 2.24) is 10.2 Å². The SMILES string of the molecule is CCc1ccc(OC)cc1C(C)(CCNC(=O)c1ccc(Cl)cc1)CCN(CC)CC1CC1. The number of carbonyl (C=O) groups is 1. The van der Waals surface area contributed by atoms with Crippen LogP contribution in [0.1, 0.15) is 67.9 Å². The second-order valence-corrected chi connectivity index (χ2v) is 9.97. The van der Waals surface area contributed by atoms with Gasteiger partial charge in [-0.2, -0.15) is 0 Å². The standard InChI is InChI=1S/C28H39ClN2O2/c1-5-22-11-14-25(33-4)19-26(22)28(3,16-18-31(6-2)20-21-7-8-21)15-17-30-27(32)23-9-12-24(29)13-10-23/h9-14,19,21H,5-8,15-18,20H2,1-4H3,(H,30,32). The molecule has 3 rings (SSSR count). The summed E-state index contributed by atoms with van der Waals surface area (Å²) in [5.41, 5.74) is 3.27. The Bertz CT molecular complexity index is 911. The summed E-state index contributed by atoms with van der Waals surface area (Å²) < 4.78 is 5.58. The zero-order valence-electron chi connectivity index (χ0n) is 20.6. The minimum atomic E-state index is -0.0653. The molecule has 1 aliphatic rings. The molecule has 2 aromatic carbocycles. The molecule has 180 valence electrons. The Morgan fingerprint density at radius 2 is 1.88 bits per heavy atom. The van der Waals surface area contributed by atoms with Gasteiger partial charge in [-0.15, -0.1) is 0 Å². The molecule has 1 saturated carbocycles. The van der Waals surface area contributed by atoms with Crippen LogP contribution in [-0.4, -0.2) is 44.1 Å². The van der Waals surface area contributed by atoms with Crippen LogP contribution < -0.4 is 10.1 Å². The summed E-state index contributed by atoms with van der Waals surface area (Å²) in [5, 5.41) is 3.76. The number of nitrogens with zero attached hydrogens (tertiary/aromatic N) is 1. The number of ether oxygens (including phenoxy) is 1. The molecule has 0 aliphatic heterocycles. The van der Waals surface area contributed by atoms with E-state index in [4.69, 9.17) is 16.3 Å². The quantitative estimate of drug-likeness (QED) is 0.384. The van der Waals surface area contributed by atoms with Gasteiger partial charge in [-0.3, -0.25) is 4.79 Å². The highest BCUT2D eigenvalue weighted by Gasteiger charge is 2.31. The molecule has 0 saturated heterocycles. The minimum Gasteiger partial charge on any atom is -0.497 e. The third kappa shape index (κ3) is 7.22. The van der Waals surface area contributed by atoms with Gasteiger partial charge in [-0.05, 0) is 104 Å². The lowest BCUT2D eigenvalue weighted by molar-refractivity contribution is 0.0950. The molecule has 1 unspecified atom stereocenters. The van der Waals surface area contributed by atoms with Gasteiger partial charge in [0.25, 0.3) is 5.91 Å². The summed E-state index contributed by atoms with van der Waals surface area (Å²) in [7, 11) is 1.73. The number of amides is 1. The van der Waals surface area contributed by atoms with Crippen molar-refractivity contribution in [2.24, 2.45) is 5.92 Å². The Morgan fingerprint density at radius 3 is 2.48 bits per heavy atom. The largest absolute Gasteiger partial charge is 0.497 e. The summed E-state index contributed by atoms with van der Waals surface area (Å²) in [6, 6.07) is 13.5. The van der Waals surface area contributed by atoms with E-state index in [0.717, 1.165) is 44.0 Å². The molecule has 0 radical (unpaired) electrons. The first kappa shape index (κ1) is 25.6. The first-order valence-electron chi connectivity index (χ1n) is 12.3. The van der Waals surface area contributed by atoms with Crippen LogP contribution in [0.15, 0.2) is 42.5 Å². The number of carbonyl (C=O) groups excluding carboxylic acids is 1. The fourth-order valence-corrected chi connectivity index (χ4v) is 4.68. The van der Waals surface area contributed by atoms with E-state index in [2.05, 4.69) is 49.2 Å². The van der Waals surface area contributed by atoms with Crippen LogP contribution in [0, 0.1) is 5.92 Å². The van der Waals surface area contributed by atoms with Crippen molar-refractivity contribution in [3.63, 3.8) is 0 Å². The predicted octanol–water partition coefficient (Wildman–Crippen LogP) is 6.11. The number of benzene rings is 2. The Balaban J connectivity index is 1.75. The number of hydrogen-bond acceptors (Lipinski definition) is 3. The first-order chi connectivity index (χ1) is 15.9. The maximum atomic E-state index is 12.7. The highest BCUT2D eigenvalue weighted by Crippen LogP contribution is 2.37. The molecule has 33 heavy (non-hydrogen) atoms. The van der Waals surface area contributed by atoms with Gasteiger partial charge in [-0.1, -0.05) is 38.4 Å². The Morgan fingerprint density at radius 1 is 1.15 bits per heavy atom. The normalized spacial score (nSPS) is 15.3. The Hall–Kier alpha value is -2.04. The van der Waals surface area contributed by atoms with Gasteiger partial charge in [0.15, 0.2) is 0 Å². The number of halogens is 1. The van der Waals surface area contributed by atoms with Crippen molar-refractivity contribution in [2.45, 2.75) is 58.3 Å². The molecular formula is C28H39ClN2O2. The number of aryl methyl sites for hydroxylation is 1. The lowest BCUT2D eigenvalue weighted by atomic mass is 9.74. The fraction of sp³-hybridized carbons (Fsp3) is 0.536. The minimum absolute atomic E-state index is 0.0562. The molecule has 0 bridgehead atoms. The van der Waals surface area contributed by atoms with Gasteiger partial charge in [0.2, 0.25) is 0 Å². The smallest absolute Gasteiger partial charge is 0.251 e. The second-order valence-electron chi connectivity index (χ2n) is 9.54. The van der Waals surface area contributed by atoms with Gasteiger partial charge in [0, 0.05) is 23.7 Å². The molecule has 1 atom stereocenters. The van der Waals surface area contributed by atoms with Crippen molar-refractivity contribution >= 4 is 17.5 Å². The lowest BCUT2D eigenvalue weighted by Gasteiger charge is -2.35. The van der Waals surface area contributed by atoms with E-state index in [1.165, 1.54) is 30.5 Å². The van der Waals surface area contributed by atoms with Gasteiger partial charge in [0.1, 0.15) is 5.75 Å². The van der Waals surface area contributed by atoms with Crippen molar-refractivity contribution in [3.8, 4) is 5.75 Å². The molecule has 0 aromatic heterocycles. The van der Waals surface area contributed by atoms with E-state index in [-0.39, 0.29) is 11.3 Å². The molecular weight excluding hydrogens is 432 g/mol. The number of methoxy groups -OCH3 is 1. The average molecular weight is 471 g/mol. The first-order valence-corrected chi connectivity index (χ1v) is 12.7. The molecule has 1 aliphatic carbocycles. The van der Waals surface area contributed by atoms with Crippen LogP contribution in [0.5, 0.6) is 5.75 Å². The van der Waals surface area contributed by atoms with Crippen LogP contribution in [0.25, 0.3) is 0 Å². The average Bonchev–Trinajstić information content (AvgIpc) is 3.65. The van der Waals surface area contributed by atoms with Crippen molar-refractivity contribution in [3.05, 3.63) is 64.2 Å². The number of hydrogen-bond donors (Lipinski definition) is 1. The Kier molecular flexibility index (Phi) is 9.22. The molecule has 1 N–H and O–H groups in total. The van der Waals surface area contributed by atoms with Crippen LogP contribution in [0.3, 0.4) is 0 Å². The fourth-order valence-electron chi connectivity index (χ4n) is 4.55. The van der Waals surface area contributed by atoms with Crippen molar-refractivity contribution in [1.29, 1.82) is 0 Å². The van der Waals surface area contributed by atoms with Gasteiger partial charge < -0.3 is 15.0 Å². The molecule has 0 spiro atoms. The summed E-state index contributed by atoms with van der Waals surface area (Å²) in [4.78, 5) is 15.3. The summed E-state index contributed by atoms with van der Waals surface area (Å²) >= 11 is 5.96. The number of rotatable bonds is 13. The summed E-state index contributed by atoms with van der Waals surface area (Å²) in [6.45, 7) is 10.8. The van der Waals surface area contributed by atoms with Crippen LogP contribution in [0.4, 0.5) is 0 Å². The molecule has 4 nitrogen and oxygen atoms in total. The third-order valence-corrected chi connectivity index (χ3v) is 7.31. The molecule has 1 amide bonds. The van der Waals surface area contributed by atoms with E-state index < -0.39 is 0 Å². The number of nitrogens with one attached hydrogen (secondary N) is 1. The van der Waals surface area contributed by atoms with E-state index in [0.29, 0.717) is 17.1 Å². The third-order valence-electron chi connectivity index (χ3n) is 7.06. The predicted molar refractivity (Wildman–Crippen MR) is 138 cm³/mol. The van der Waals surface area contributed by atoms with E-state index in [9.17, 15) is 4.79 Å². The second kappa shape index (κ2) is 11.9. The maximum Gasteiger partial charge on any atom is 0.251 e. The molecule has 2 aromatic rings. The van der Waals surface area contributed by atoms with Crippen molar-refractivity contribution in [2.75, 3.05) is 33.3 Å². The summed E-state index contributed by atoms with van der Waals surface area (Å²) in [5.74, 6) is 1.72. The zero-order chi connectivity index (χ0) is 23.8. The summed E-state index contributed by atoms with van der Waals surface area (Å²) in [6.07, 6.45) is 5.64. The molecule has 0 heterocycles. The van der Waals surface area contributed by atoms with Gasteiger partial charge >= 0.3 is 0 Å². The van der Waals surface area contributed by atoms with E-state index in [1.54, 1.807) is 31.4 Å². The van der Waals surface area contributed by atoms with Gasteiger partial charge in [-0.25, -0.2) is 0 Å². The van der Waals surface area contributed by atoms with Crippen molar-refractivity contribution < 1.29 is 9.53 Å². The van der Waals surface area contributed by atoms with E-state index >= 15 is 0 Å². The highest BCUT2D eigenvalue weighted by atomic mass is 35.5. The zero-order valence-corrected chi connectivity index (χ0v) is 21.4. The van der Waals surface area contributed by atoms with E-state index in [1.807, 2.05) is 0 Å². The highest BCUT2D eigenvalue weighted by molar-refractivity contribution is 6.30. The maximum absolute atomic E-state index is 12.7. The van der Waals surface area contributed by atoms with Crippen LogP contribution in [-0.2, 0) is 11.8 Å². The lowest BCUT2D eigenvalue weighted by Crippen LogP contribution is -2.36. The Labute approximate surface area is 204 Å². The topological polar surface area (TPSA) is 41.6 Å². The van der Waals surface area contributed by atoms with Crippen LogP contribution >= 0.6 is 11.6 Å².